The second-order valence-electron chi connectivity index (χ2n) is 4.61. The molecule has 1 aromatic carbocycles. The zero-order chi connectivity index (χ0) is 14.0. The Morgan fingerprint density at radius 1 is 1.15 bits per heavy atom. The Labute approximate surface area is 120 Å². The Bertz CT molecular complexity index is 502. The lowest BCUT2D eigenvalue weighted by Crippen LogP contribution is -2.06. The van der Waals surface area contributed by atoms with E-state index in [1.54, 1.807) is 0 Å². The lowest BCUT2D eigenvalue weighted by atomic mass is 10.1. The number of benzene rings is 1. The van der Waals surface area contributed by atoms with Crippen molar-refractivity contribution in [1.29, 1.82) is 0 Å². The molecule has 0 aliphatic rings. The molecule has 2 aromatic rings. The Balaban J connectivity index is 1.73. The van der Waals surface area contributed by atoms with Gasteiger partial charge in [0.05, 0.1) is 6.61 Å². The van der Waals surface area contributed by atoms with Crippen LogP contribution in [-0.2, 0) is 6.42 Å². The number of aromatic nitrogens is 2. The molecule has 0 aliphatic heterocycles. The second-order valence-corrected chi connectivity index (χ2v) is 4.61. The van der Waals surface area contributed by atoms with Gasteiger partial charge in [-0.2, -0.15) is 0 Å². The molecule has 20 heavy (non-hydrogen) atoms. The monoisotopic (exact) mass is 271 g/mol. The molecule has 0 fully saturated rings. The first-order chi connectivity index (χ1) is 9.88. The summed E-state index contributed by atoms with van der Waals surface area (Å²) in [5.74, 6) is 1.45. The predicted octanol–water partition coefficient (Wildman–Crippen LogP) is 3.31. The van der Waals surface area contributed by atoms with Gasteiger partial charge in [-0.15, -0.1) is 0 Å². The molecule has 0 saturated heterocycles. The number of hydrogen-bond acceptors (Lipinski definition) is 4. The van der Waals surface area contributed by atoms with E-state index in [1.165, 1.54) is 11.9 Å². The van der Waals surface area contributed by atoms with Crippen molar-refractivity contribution in [3.63, 3.8) is 0 Å². The molecule has 2 rings (SSSR count). The molecule has 106 valence electrons. The van der Waals surface area contributed by atoms with Gasteiger partial charge in [0.25, 0.3) is 0 Å². The van der Waals surface area contributed by atoms with Crippen LogP contribution in [-0.4, -0.2) is 23.1 Å². The average Bonchev–Trinajstić information content (AvgIpc) is 2.51. The maximum Gasteiger partial charge on any atom is 0.218 e. The van der Waals surface area contributed by atoms with Gasteiger partial charge in [-0.3, -0.25) is 0 Å². The van der Waals surface area contributed by atoms with Crippen LogP contribution < -0.4 is 10.1 Å². The van der Waals surface area contributed by atoms with Gasteiger partial charge in [0.2, 0.25) is 5.88 Å². The molecular weight excluding hydrogens is 250 g/mol. The summed E-state index contributed by atoms with van der Waals surface area (Å²) in [6.07, 6.45) is 4.64. The van der Waals surface area contributed by atoms with E-state index in [2.05, 4.69) is 46.5 Å². The van der Waals surface area contributed by atoms with Crippen LogP contribution in [0.15, 0.2) is 42.7 Å². The third-order valence-corrected chi connectivity index (χ3v) is 2.89. The van der Waals surface area contributed by atoms with E-state index in [4.69, 9.17) is 4.74 Å². The fourth-order valence-corrected chi connectivity index (χ4v) is 1.88. The smallest absolute Gasteiger partial charge is 0.218 e. The number of nitrogens with zero attached hydrogens (tertiary/aromatic N) is 2. The highest BCUT2D eigenvalue weighted by Crippen LogP contribution is 2.11. The first kappa shape index (κ1) is 14.3. The van der Waals surface area contributed by atoms with E-state index in [1.807, 2.05) is 12.1 Å². The summed E-state index contributed by atoms with van der Waals surface area (Å²) in [7, 11) is 0. The molecule has 1 aromatic heterocycles. The predicted molar refractivity (Wildman–Crippen MR) is 81.1 cm³/mol. The second kappa shape index (κ2) is 8.15. The Morgan fingerprint density at radius 3 is 2.80 bits per heavy atom. The lowest BCUT2D eigenvalue weighted by molar-refractivity contribution is 0.305. The lowest BCUT2D eigenvalue weighted by Gasteiger charge is -2.07. The largest absolute Gasteiger partial charge is 0.478 e. The number of nitrogens with one attached hydrogen (secondary N) is 1. The van der Waals surface area contributed by atoms with E-state index in [-0.39, 0.29) is 0 Å². The molecule has 0 saturated carbocycles. The fourth-order valence-electron chi connectivity index (χ4n) is 1.88. The van der Waals surface area contributed by atoms with Gasteiger partial charge in [-0.1, -0.05) is 37.3 Å². The average molecular weight is 271 g/mol. The highest BCUT2D eigenvalue weighted by Gasteiger charge is 1.99. The van der Waals surface area contributed by atoms with Crippen LogP contribution in [0.2, 0.25) is 0 Å². The summed E-state index contributed by atoms with van der Waals surface area (Å²) in [4.78, 5) is 8.27. The number of aryl methyl sites for hydroxylation is 1. The van der Waals surface area contributed by atoms with Crippen LogP contribution in [0.25, 0.3) is 0 Å². The molecule has 0 unspecified atom stereocenters. The van der Waals surface area contributed by atoms with Crippen LogP contribution >= 0.6 is 0 Å². The maximum absolute atomic E-state index is 5.48. The van der Waals surface area contributed by atoms with Crippen LogP contribution in [0.5, 0.6) is 5.88 Å². The molecule has 0 radical (unpaired) electrons. The quantitative estimate of drug-likeness (QED) is 0.748. The number of rotatable bonds is 8. The number of anilines is 1. The van der Waals surface area contributed by atoms with Crippen LogP contribution in [0.1, 0.15) is 25.3 Å². The van der Waals surface area contributed by atoms with Crippen LogP contribution in [0.3, 0.4) is 0 Å². The molecule has 0 aliphatic carbocycles. The highest BCUT2D eigenvalue weighted by molar-refractivity contribution is 5.36. The SMILES string of the molecule is CCCOc1cc(NCCCc2ccccc2)ncn1. The van der Waals surface area contributed by atoms with Gasteiger partial charge in [0.1, 0.15) is 12.1 Å². The third-order valence-electron chi connectivity index (χ3n) is 2.89. The maximum atomic E-state index is 5.48. The van der Waals surface area contributed by atoms with Gasteiger partial charge >= 0.3 is 0 Å². The van der Waals surface area contributed by atoms with E-state index in [0.29, 0.717) is 12.5 Å². The number of ether oxygens (including phenoxy) is 1. The standard InChI is InChI=1S/C16H21N3O/c1-2-11-20-16-12-15(18-13-19-16)17-10-6-9-14-7-4-3-5-8-14/h3-5,7-8,12-13H,2,6,9-11H2,1H3,(H,17,18,19). The minimum Gasteiger partial charge on any atom is -0.478 e. The van der Waals surface area contributed by atoms with Crippen molar-refractivity contribution in [3.8, 4) is 5.88 Å². The zero-order valence-electron chi connectivity index (χ0n) is 11.9. The third kappa shape index (κ3) is 4.88. The van der Waals surface area contributed by atoms with Crippen LogP contribution in [0, 0.1) is 0 Å². The van der Waals surface area contributed by atoms with Crippen molar-refractivity contribution in [2.24, 2.45) is 0 Å². The number of hydrogen-bond donors (Lipinski definition) is 1. The molecule has 4 heteroatoms. The zero-order valence-corrected chi connectivity index (χ0v) is 11.9. The van der Waals surface area contributed by atoms with Crippen molar-refractivity contribution in [3.05, 3.63) is 48.3 Å². The van der Waals surface area contributed by atoms with Crippen molar-refractivity contribution in [2.45, 2.75) is 26.2 Å². The Hall–Kier alpha value is -2.10. The Kier molecular flexibility index (Phi) is 5.83. The van der Waals surface area contributed by atoms with E-state index in [0.717, 1.165) is 31.6 Å². The first-order valence-electron chi connectivity index (χ1n) is 7.11. The molecule has 0 bridgehead atoms. The molecule has 4 nitrogen and oxygen atoms in total. The summed E-state index contributed by atoms with van der Waals surface area (Å²) in [5, 5.41) is 3.30. The summed E-state index contributed by atoms with van der Waals surface area (Å²) >= 11 is 0. The van der Waals surface area contributed by atoms with Gasteiger partial charge in [0, 0.05) is 12.6 Å². The first-order valence-corrected chi connectivity index (χ1v) is 7.11. The molecule has 1 heterocycles. The summed E-state index contributed by atoms with van der Waals surface area (Å²) in [5.41, 5.74) is 1.36. The molecule has 1 N–H and O–H groups in total. The normalized spacial score (nSPS) is 10.2. The van der Waals surface area contributed by atoms with Crippen molar-refractivity contribution < 1.29 is 4.74 Å². The molecule has 0 spiro atoms. The van der Waals surface area contributed by atoms with E-state index < -0.39 is 0 Å². The van der Waals surface area contributed by atoms with Gasteiger partial charge in [-0.05, 0) is 24.8 Å². The van der Waals surface area contributed by atoms with Gasteiger partial charge < -0.3 is 10.1 Å². The summed E-state index contributed by atoms with van der Waals surface area (Å²) in [6, 6.07) is 12.3. The minimum atomic E-state index is 0.632. The molecular formula is C16H21N3O. The Morgan fingerprint density at radius 2 is 2.00 bits per heavy atom. The molecule has 0 atom stereocenters. The fraction of sp³-hybridized carbons (Fsp3) is 0.375. The topological polar surface area (TPSA) is 47.0 Å². The molecule has 0 amide bonds. The highest BCUT2D eigenvalue weighted by atomic mass is 16.5. The van der Waals surface area contributed by atoms with Crippen molar-refractivity contribution in [2.75, 3.05) is 18.5 Å². The van der Waals surface area contributed by atoms with E-state index >= 15 is 0 Å². The summed E-state index contributed by atoms with van der Waals surface area (Å²) in [6.45, 7) is 3.65. The van der Waals surface area contributed by atoms with E-state index in [9.17, 15) is 0 Å². The van der Waals surface area contributed by atoms with Gasteiger partial charge in [0.15, 0.2) is 0 Å². The van der Waals surface area contributed by atoms with Crippen molar-refractivity contribution >= 4 is 5.82 Å². The van der Waals surface area contributed by atoms with Gasteiger partial charge in [-0.25, -0.2) is 9.97 Å². The minimum absolute atomic E-state index is 0.632. The van der Waals surface area contributed by atoms with Crippen molar-refractivity contribution in [1.82, 2.24) is 9.97 Å². The summed E-state index contributed by atoms with van der Waals surface area (Å²) < 4.78 is 5.48. The van der Waals surface area contributed by atoms with Crippen LogP contribution in [0.4, 0.5) is 5.82 Å².